The molecule has 0 saturated heterocycles. The van der Waals surface area contributed by atoms with E-state index in [-0.39, 0.29) is 36.3 Å². The van der Waals surface area contributed by atoms with Gasteiger partial charge in [-0.05, 0) is 60.3 Å². The lowest BCUT2D eigenvalue weighted by Gasteiger charge is -2.29. The lowest BCUT2D eigenvalue weighted by molar-refractivity contribution is -0.164. The number of hydrogen-bond acceptors (Lipinski definition) is 5. The molecule has 3 atom stereocenters. The average Bonchev–Trinajstić information content (AvgIpc) is 3.65. The molecular formula is C27H30N2O6. The largest absolute Gasteiger partial charge is 0.479 e. The highest BCUT2D eigenvalue weighted by Gasteiger charge is 2.39. The summed E-state index contributed by atoms with van der Waals surface area (Å²) < 4.78 is 5.64. The Balaban J connectivity index is 1.12. The third-order valence-electron chi connectivity index (χ3n) is 7.29. The van der Waals surface area contributed by atoms with Crippen LogP contribution >= 0.6 is 0 Å². The van der Waals surface area contributed by atoms with Gasteiger partial charge >= 0.3 is 12.1 Å². The van der Waals surface area contributed by atoms with Crippen molar-refractivity contribution >= 4 is 18.0 Å². The molecule has 8 nitrogen and oxygen atoms in total. The number of carboxylic acids is 1. The summed E-state index contributed by atoms with van der Waals surface area (Å²) in [7, 11) is 0. The predicted octanol–water partition coefficient (Wildman–Crippen LogP) is 3.99. The summed E-state index contributed by atoms with van der Waals surface area (Å²) in [5.41, 5.74) is 7.00. The lowest BCUT2D eigenvalue weighted by atomic mass is 9.85. The molecule has 2 fully saturated rings. The van der Waals surface area contributed by atoms with Crippen LogP contribution < -0.4 is 10.8 Å². The summed E-state index contributed by atoms with van der Waals surface area (Å²) in [6, 6.07) is 16.2. The van der Waals surface area contributed by atoms with Crippen LogP contribution in [0.15, 0.2) is 48.5 Å². The van der Waals surface area contributed by atoms with Crippen molar-refractivity contribution in [1.82, 2.24) is 10.8 Å². The van der Waals surface area contributed by atoms with Crippen molar-refractivity contribution in [3.05, 3.63) is 59.7 Å². The molecule has 3 N–H and O–H groups in total. The number of nitrogens with one attached hydrogen (secondary N) is 2. The van der Waals surface area contributed by atoms with Crippen LogP contribution in [0.25, 0.3) is 11.1 Å². The van der Waals surface area contributed by atoms with E-state index in [1.165, 1.54) is 11.1 Å². The van der Waals surface area contributed by atoms with Crippen LogP contribution in [0.4, 0.5) is 4.79 Å². The lowest BCUT2D eigenvalue weighted by Crippen LogP contribution is -2.44. The van der Waals surface area contributed by atoms with Gasteiger partial charge in [0.05, 0.1) is 0 Å². The monoisotopic (exact) mass is 478 g/mol. The molecule has 0 spiro atoms. The molecule has 35 heavy (non-hydrogen) atoms. The second-order valence-corrected chi connectivity index (χ2v) is 9.71. The minimum atomic E-state index is -1.06. The quantitative estimate of drug-likeness (QED) is 0.494. The van der Waals surface area contributed by atoms with Crippen LogP contribution in [0, 0.1) is 11.8 Å². The molecule has 0 heterocycles. The van der Waals surface area contributed by atoms with Crippen molar-refractivity contribution < 1.29 is 29.1 Å². The van der Waals surface area contributed by atoms with Crippen molar-refractivity contribution in [3.8, 4) is 11.1 Å². The summed E-state index contributed by atoms with van der Waals surface area (Å²) in [5, 5.41) is 12.2. The van der Waals surface area contributed by atoms with Gasteiger partial charge < -0.3 is 15.2 Å². The normalized spacial score (nSPS) is 21.9. The van der Waals surface area contributed by atoms with Gasteiger partial charge in [-0.1, -0.05) is 55.0 Å². The maximum absolute atomic E-state index is 12.6. The van der Waals surface area contributed by atoms with Crippen molar-refractivity contribution in [2.45, 2.75) is 56.6 Å². The maximum Gasteiger partial charge on any atom is 0.407 e. The number of carbonyl (C=O) groups is 3. The van der Waals surface area contributed by atoms with E-state index in [4.69, 9.17) is 9.57 Å². The molecule has 0 radical (unpaired) electrons. The van der Waals surface area contributed by atoms with Crippen LogP contribution in [0.5, 0.6) is 0 Å². The third kappa shape index (κ3) is 5.17. The standard InChI is InChI=1S/C27H30N2O6/c30-25(29-35-24(26(31)32)16-12-13-16)17-6-5-7-18(14-17)28-27(33)34-15-23-21-10-3-1-8-19(21)20-9-2-4-11-22(20)23/h1-4,8-11,16-18,23-24H,5-7,12-15H2,(H,28,33)(H,29,30)(H,31,32)/t17-,18-,24?/m1/s1. The zero-order valence-electron chi connectivity index (χ0n) is 19.4. The number of rotatable bonds is 8. The second-order valence-electron chi connectivity index (χ2n) is 9.71. The number of amides is 2. The number of carboxylic acid groups (broad SMARTS) is 1. The Morgan fingerprint density at radius 2 is 1.60 bits per heavy atom. The number of hydrogen-bond donors (Lipinski definition) is 3. The van der Waals surface area contributed by atoms with E-state index in [1.54, 1.807) is 0 Å². The Bertz CT molecular complexity index is 1070. The van der Waals surface area contributed by atoms with Crippen LogP contribution in [0.3, 0.4) is 0 Å². The van der Waals surface area contributed by atoms with Gasteiger partial charge in [0, 0.05) is 17.9 Å². The molecule has 0 aliphatic heterocycles. The number of carbonyl (C=O) groups excluding carboxylic acids is 2. The zero-order chi connectivity index (χ0) is 24.4. The third-order valence-corrected chi connectivity index (χ3v) is 7.29. The number of alkyl carbamates (subject to hydrolysis) is 1. The highest BCUT2D eigenvalue weighted by atomic mass is 16.7. The number of fused-ring (bicyclic) bond motifs is 3. The van der Waals surface area contributed by atoms with Gasteiger partial charge in [-0.25, -0.2) is 15.1 Å². The first-order chi connectivity index (χ1) is 17.0. The van der Waals surface area contributed by atoms with Crippen molar-refractivity contribution in [2.24, 2.45) is 11.8 Å². The fraction of sp³-hybridized carbons (Fsp3) is 0.444. The summed E-state index contributed by atoms with van der Waals surface area (Å²) in [4.78, 5) is 41.7. The van der Waals surface area contributed by atoms with Gasteiger partial charge in [0.2, 0.25) is 5.91 Å². The highest BCUT2D eigenvalue weighted by Crippen LogP contribution is 2.44. The molecule has 2 aromatic rings. The SMILES string of the molecule is O=C(N[C@@H]1CCC[C@@H](C(=O)NOC(C(=O)O)C2CC2)C1)OCC1c2ccccc2-c2ccccc21. The molecule has 0 aromatic heterocycles. The maximum atomic E-state index is 12.6. The minimum Gasteiger partial charge on any atom is -0.479 e. The van der Waals surface area contributed by atoms with E-state index in [2.05, 4.69) is 35.1 Å². The molecule has 2 saturated carbocycles. The molecule has 0 bridgehead atoms. The average molecular weight is 479 g/mol. The predicted molar refractivity (Wildman–Crippen MR) is 127 cm³/mol. The molecule has 184 valence electrons. The van der Waals surface area contributed by atoms with Crippen molar-refractivity contribution in [2.75, 3.05) is 6.61 Å². The molecule has 1 unspecified atom stereocenters. The minimum absolute atomic E-state index is 0.0103. The molecule has 2 aromatic carbocycles. The Labute approximate surface area is 204 Å². The smallest absolute Gasteiger partial charge is 0.407 e. The summed E-state index contributed by atoms with van der Waals surface area (Å²) >= 11 is 0. The number of hydroxylamine groups is 1. The van der Waals surface area contributed by atoms with Crippen LogP contribution in [0.2, 0.25) is 0 Å². The van der Waals surface area contributed by atoms with Crippen molar-refractivity contribution in [1.29, 1.82) is 0 Å². The number of ether oxygens (including phenoxy) is 1. The van der Waals surface area contributed by atoms with Gasteiger partial charge in [-0.2, -0.15) is 0 Å². The molecule has 5 rings (SSSR count). The van der Waals surface area contributed by atoms with Gasteiger partial charge in [0.1, 0.15) is 6.61 Å². The van der Waals surface area contributed by atoms with E-state index in [0.29, 0.717) is 12.8 Å². The van der Waals surface area contributed by atoms with E-state index >= 15 is 0 Å². The summed E-state index contributed by atoms with van der Waals surface area (Å²) in [6.07, 6.45) is 2.75. The van der Waals surface area contributed by atoms with Gasteiger partial charge in [0.25, 0.3) is 0 Å². The van der Waals surface area contributed by atoms with Gasteiger partial charge in [-0.3, -0.25) is 9.63 Å². The Hall–Kier alpha value is -3.39. The number of aliphatic carboxylic acids is 1. The summed E-state index contributed by atoms with van der Waals surface area (Å²) in [6.45, 7) is 0.238. The van der Waals surface area contributed by atoms with E-state index < -0.39 is 18.2 Å². The number of benzene rings is 2. The summed E-state index contributed by atoms with van der Waals surface area (Å²) in [5.74, 6) is -1.80. The Kier molecular flexibility index (Phi) is 6.72. The first kappa shape index (κ1) is 23.4. The fourth-order valence-electron chi connectivity index (χ4n) is 5.32. The molecule has 3 aliphatic carbocycles. The Morgan fingerprint density at radius 3 is 2.23 bits per heavy atom. The van der Waals surface area contributed by atoms with Gasteiger partial charge in [0.15, 0.2) is 6.10 Å². The Morgan fingerprint density at radius 1 is 0.943 bits per heavy atom. The first-order valence-electron chi connectivity index (χ1n) is 12.3. The molecule has 2 amide bonds. The second kappa shape index (κ2) is 10.1. The first-order valence-corrected chi connectivity index (χ1v) is 12.3. The van der Waals surface area contributed by atoms with Crippen LogP contribution in [-0.4, -0.2) is 41.8 Å². The van der Waals surface area contributed by atoms with Crippen LogP contribution in [0.1, 0.15) is 55.6 Å². The molecule has 8 heteroatoms. The topological polar surface area (TPSA) is 114 Å². The van der Waals surface area contributed by atoms with E-state index in [0.717, 1.165) is 36.8 Å². The molecule has 3 aliphatic rings. The van der Waals surface area contributed by atoms with Crippen molar-refractivity contribution in [3.63, 3.8) is 0 Å². The molecular weight excluding hydrogens is 448 g/mol. The zero-order valence-corrected chi connectivity index (χ0v) is 19.4. The van der Waals surface area contributed by atoms with Gasteiger partial charge in [-0.15, -0.1) is 0 Å². The van der Waals surface area contributed by atoms with Crippen LogP contribution in [-0.2, 0) is 19.2 Å². The highest BCUT2D eigenvalue weighted by molar-refractivity contribution is 5.80. The van der Waals surface area contributed by atoms with E-state index in [1.807, 2.05) is 24.3 Å². The fourth-order valence-corrected chi connectivity index (χ4v) is 5.32. The van der Waals surface area contributed by atoms with E-state index in [9.17, 15) is 19.5 Å².